The predicted molar refractivity (Wildman–Crippen MR) is 87.0 cm³/mol. The molecule has 0 aliphatic heterocycles. The van der Waals surface area contributed by atoms with Gasteiger partial charge >= 0.3 is 0 Å². The minimum Gasteiger partial charge on any atom is -0.394 e. The predicted octanol–water partition coefficient (Wildman–Crippen LogP) is 1.72. The molecule has 1 aromatic rings. The number of aliphatic hydroxyl groups excluding tert-OH is 1. The third kappa shape index (κ3) is 4.17. The van der Waals surface area contributed by atoms with Gasteiger partial charge in [0.15, 0.2) is 0 Å². The summed E-state index contributed by atoms with van der Waals surface area (Å²) in [6.45, 7) is 9.91. The van der Waals surface area contributed by atoms with Gasteiger partial charge in [0.25, 0.3) is 0 Å². The summed E-state index contributed by atoms with van der Waals surface area (Å²) in [5.74, 6) is 1.66. The molecule has 0 spiro atoms. The third-order valence-corrected chi connectivity index (χ3v) is 3.93. The van der Waals surface area contributed by atoms with Crippen LogP contribution in [0.2, 0.25) is 0 Å². The molecular formula is C14H28N6O. The Morgan fingerprint density at radius 2 is 1.57 bits per heavy atom. The van der Waals surface area contributed by atoms with Crippen LogP contribution in [0.5, 0.6) is 0 Å². The van der Waals surface area contributed by atoms with E-state index >= 15 is 0 Å². The van der Waals surface area contributed by atoms with Gasteiger partial charge in [-0.2, -0.15) is 15.0 Å². The van der Waals surface area contributed by atoms with E-state index in [9.17, 15) is 5.11 Å². The van der Waals surface area contributed by atoms with Crippen LogP contribution in [0, 0.1) is 0 Å². The van der Waals surface area contributed by atoms with E-state index in [4.69, 9.17) is 0 Å². The molecule has 0 bridgehead atoms. The Morgan fingerprint density at radius 1 is 1.00 bits per heavy atom. The molecule has 3 N–H and O–H groups in total. The molecule has 21 heavy (non-hydrogen) atoms. The van der Waals surface area contributed by atoms with Crippen LogP contribution in [-0.2, 0) is 0 Å². The van der Waals surface area contributed by atoms with Crippen LogP contribution >= 0.6 is 0 Å². The van der Waals surface area contributed by atoms with E-state index in [1.807, 2.05) is 13.8 Å². The minimum atomic E-state index is -0.396. The Labute approximate surface area is 127 Å². The monoisotopic (exact) mass is 296 g/mol. The molecule has 0 unspecified atom stereocenters. The van der Waals surface area contributed by atoms with E-state index < -0.39 is 5.54 Å². The summed E-state index contributed by atoms with van der Waals surface area (Å²) in [5, 5.41) is 15.9. The van der Waals surface area contributed by atoms with Gasteiger partial charge in [-0.1, -0.05) is 13.8 Å². The first-order valence-electron chi connectivity index (χ1n) is 7.65. The average Bonchev–Trinajstić information content (AvgIpc) is 2.53. The van der Waals surface area contributed by atoms with Crippen molar-refractivity contribution in [2.75, 3.05) is 42.3 Å². The molecule has 0 amide bonds. The molecule has 0 aliphatic rings. The van der Waals surface area contributed by atoms with Crippen LogP contribution in [-0.4, -0.2) is 52.3 Å². The molecular weight excluding hydrogens is 268 g/mol. The summed E-state index contributed by atoms with van der Waals surface area (Å²) in [6, 6.07) is 0. The minimum absolute atomic E-state index is 0.0428. The Bertz CT molecular complexity index is 423. The fraction of sp³-hybridized carbons (Fsp3) is 0.786. The Kier molecular flexibility index (Phi) is 6.61. The van der Waals surface area contributed by atoms with Gasteiger partial charge in [-0.15, -0.1) is 0 Å². The smallest absolute Gasteiger partial charge is 0.231 e. The number of nitrogens with zero attached hydrogens (tertiary/aromatic N) is 4. The number of hydrogen-bond acceptors (Lipinski definition) is 7. The second-order valence-corrected chi connectivity index (χ2v) is 4.98. The number of rotatable bonds is 9. The average molecular weight is 296 g/mol. The van der Waals surface area contributed by atoms with Crippen LogP contribution in [0.25, 0.3) is 0 Å². The summed E-state index contributed by atoms with van der Waals surface area (Å²) < 4.78 is 0. The van der Waals surface area contributed by atoms with E-state index in [-0.39, 0.29) is 6.61 Å². The highest BCUT2D eigenvalue weighted by Gasteiger charge is 2.26. The first-order valence-corrected chi connectivity index (χ1v) is 7.65. The van der Waals surface area contributed by atoms with Crippen molar-refractivity contribution in [1.29, 1.82) is 0 Å². The number of nitrogens with one attached hydrogen (secondary N) is 2. The van der Waals surface area contributed by atoms with E-state index in [2.05, 4.69) is 44.3 Å². The topological polar surface area (TPSA) is 86.2 Å². The van der Waals surface area contributed by atoms with Crippen molar-refractivity contribution in [2.45, 2.75) is 46.1 Å². The van der Waals surface area contributed by atoms with Crippen molar-refractivity contribution in [2.24, 2.45) is 0 Å². The molecule has 0 aliphatic carbocycles. The van der Waals surface area contributed by atoms with Gasteiger partial charge < -0.3 is 20.6 Å². The molecule has 0 atom stereocenters. The van der Waals surface area contributed by atoms with Gasteiger partial charge in [-0.3, -0.25) is 0 Å². The Balaban J connectivity index is 3.14. The molecule has 1 rings (SSSR count). The second-order valence-electron chi connectivity index (χ2n) is 4.98. The van der Waals surface area contributed by atoms with Crippen molar-refractivity contribution in [3.05, 3.63) is 0 Å². The molecule has 1 aromatic heterocycles. The summed E-state index contributed by atoms with van der Waals surface area (Å²) in [4.78, 5) is 15.3. The first kappa shape index (κ1) is 17.4. The van der Waals surface area contributed by atoms with E-state index in [0.717, 1.165) is 25.9 Å². The lowest BCUT2D eigenvalue weighted by Crippen LogP contribution is -2.41. The Morgan fingerprint density at radius 3 is 2.00 bits per heavy atom. The highest BCUT2D eigenvalue weighted by Crippen LogP contribution is 2.21. The van der Waals surface area contributed by atoms with Crippen molar-refractivity contribution < 1.29 is 5.11 Å². The van der Waals surface area contributed by atoms with Crippen molar-refractivity contribution in [3.8, 4) is 0 Å². The highest BCUT2D eigenvalue weighted by molar-refractivity contribution is 5.44. The standard InChI is InChI=1S/C14H28N6O/c1-6-14(7-2,10-21)19-12-16-11(15-5)17-13(18-12)20(8-3)9-4/h21H,6-10H2,1-5H3,(H2,15,16,17,18,19). The molecule has 7 nitrogen and oxygen atoms in total. The molecule has 0 saturated carbocycles. The molecule has 1 heterocycles. The third-order valence-electron chi connectivity index (χ3n) is 3.93. The molecule has 0 radical (unpaired) electrons. The number of anilines is 3. The zero-order chi connectivity index (χ0) is 15.9. The van der Waals surface area contributed by atoms with Crippen LogP contribution in [0.4, 0.5) is 17.8 Å². The van der Waals surface area contributed by atoms with Gasteiger partial charge in [0.2, 0.25) is 17.8 Å². The molecule has 120 valence electrons. The van der Waals surface area contributed by atoms with E-state index in [1.54, 1.807) is 7.05 Å². The lowest BCUT2D eigenvalue weighted by molar-refractivity contribution is 0.201. The van der Waals surface area contributed by atoms with Crippen LogP contribution in [0.3, 0.4) is 0 Å². The van der Waals surface area contributed by atoms with Crippen molar-refractivity contribution >= 4 is 17.8 Å². The molecule has 7 heteroatoms. The van der Waals surface area contributed by atoms with Gasteiger partial charge in [-0.25, -0.2) is 0 Å². The Hall–Kier alpha value is -1.63. The summed E-state index contributed by atoms with van der Waals surface area (Å²) in [5.41, 5.74) is -0.396. The fourth-order valence-electron chi connectivity index (χ4n) is 2.11. The van der Waals surface area contributed by atoms with E-state index in [1.165, 1.54) is 0 Å². The van der Waals surface area contributed by atoms with Crippen LogP contribution < -0.4 is 15.5 Å². The zero-order valence-electron chi connectivity index (χ0n) is 13.8. The quantitative estimate of drug-likeness (QED) is 0.639. The lowest BCUT2D eigenvalue weighted by Gasteiger charge is -2.31. The van der Waals surface area contributed by atoms with E-state index in [0.29, 0.717) is 17.8 Å². The maximum atomic E-state index is 9.68. The van der Waals surface area contributed by atoms with Gasteiger partial charge in [0.1, 0.15) is 0 Å². The lowest BCUT2D eigenvalue weighted by atomic mass is 9.94. The van der Waals surface area contributed by atoms with Crippen LogP contribution in [0.15, 0.2) is 0 Å². The molecule has 0 fully saturated rings. The highest BCUT2D eigenvalue weighted by atomic mass is 16.3. The summed E-state index contributed by atoms with van der Waals surface area (Å²) in [7, 11) is 1.78. The van der Waals surface area contributed by atoms with Crippen LogP contribution in [0.1, 0.15) is 40.5 Å². The van der Waals surface area contributed by atoms with Gasteiger partial charge in [0, 0.05) is 20.1 Å². The SMILES string of the molecule is CCN(CC)c1nc(NC)nc(NC(CC)(CC)CO)n1. The van der Waals surface area contributed by atoms with Gasteiger partial charge in [0.05, 0.1) is 12.1 Å². The zero-order valence-corrected chi connectivity index (χ0v) is 13.8. The molecule has 0 saturated heterocycles. The first-order chi connectivity index (χ1) is 10.1. The van der Waals surface area contributed by atoms with Crippen molar-refractivity contribution in [1.82, 2.24) is 15.0 Å². The number of hydrogen-bond donors (Lipinski definition) is 3. The summed E-state index contributed by atoms with van der Waals surface area (Å²) in [6.07, 6.45) is 1.59. The van der Waals surface area contributed by atoms with Gasteiger partial charge in [-0.05, 0) is 26.7 Å². The summed E-state index contributed by atoms with van der Waals surface area (Å²) >= 11 is 0. The maximum absolute atomic E-state index is 9.68. The number of aromatic nitrogens is 3. The molecule has 0 aromatic carbocycles. The fourth-order valence-corrected chi connectivity index (χ4v) is 2.11. The second kappa shape index (κ2) is 7.97. The van der Waals surface area contributed by atoms with Crippen molar-refractivity contribution in [3.63, 3.8) is 0 Å². The number of aliphatic hydroxyl groups is 1. The normalized spacial score (nSPS) is 11.3. The largest absolute Gasteiger partial charge is 0.394 e. The maximum Gasteiger partial charge on any atom is 0.231 e.